The van der Waals surface area contributed by atoms with Crippen LogP contribution in [0.4, 0.5) is 0 Å². The highest BCUT2D eigenvalue weighted by Gasteiger charge is 2.23. The van der Waals surface area contributed by atoms with Crippen LogP contribution in [0.3, 0.4) is 0 Å². The van der Waals surface area contributed by atoms with Gasteiger partial charge in [0.05, 0.1) is 6.42 Å². The topological polar surface area (TPSA) is 37.3 Å². The smallest absolute Gasteiger partial charge is 0.304 e. The number of hydrogen-bond donors (Lipinski definition) is 1. The lowest BCUT2D eigenvalue weighted by Crippen LogP contribution is -2.21. The summed E-state index contributed by atoms with van der Waals surface area (Å²) in [5, 5.41) is 8.84. The number of carboxylic acid groups (broad SMARTS) is 1. The van der Waals surface area contributed by atoms with Gasteiger partial charge >= 0.3 is 5.97 Å². The highest BCUT2D eigenvalue weighted by Crippen LogP contribution is 2.27. The molecule has 0 amide bonds. The van der Waals surface area contributed by atoms with E-state index in [1.807, 2.05) is 26.0 Å². The van der Waals surface area contributed by atoms with Crippen LogP contribution in [0.15, 0.2) is 24.3 Å². The van der Waals surface area contributed by atoms with E-state index in [-0.39, 0.29) is 11.8 Å². The first-order chi connectivity index (χ1) is 6.95. The monoisotopic (exact) mass is 206 g/mol. The predicted molar refractivity (Wildman–Crippen MR) is 61.1 cm³/mol. The molecule has 0 bridgehead atoms. The van der Waals surface area contributed by atoms with Gasteiger partial charge in [-0.2, -0.15) is 0 Å². The van der Waals surface area contributed by atoms with Crippen LogP contribution in [0.5, 0.6) is 0 Å². The van der Waals surface area contributed by atoms with Crippen molar-refractivity contribution < 1.29 is 9.90 Å². The molecule has 15 heavy (non-hydrogen) atoms. The normalized spacial score (nSPS) is 11.4. The SMILES string of the molecule is CCc1cccc(C(C)(C)CC(=O)O)c1. The molecule has 82 valence electrons. The zero-order valence-electron chi connectivity index (χ0n) is 9.58. The van der Waals surface area contributed by atoms with Crippen LogP contribution in [0.2, 0.25) is 0 Å². The van der Waals surface area contributed by atoms with Crippen molar-refractivity contribution in [3.05, 3.63) is 35.4 Å². The number of carboxylic acids is 1. The largest absolute Gasteiger partial charge is 0.481 e. The summed E-state index contributed by atoms with van der Waals surface area (Å²) in [6, 6.07) is 8.17. The Morgan fingerprint density at radius 2 is 2.07 bits per heavy atom. The summed E-state index contributed by atoms with van der Waals surface area (Å²) in [4.78, 5) is 10.7. The molecule has 1 rings (SSSR count). The zero-order valence-corrected chi connectivity index (χ0v) is 9.58. The number of aryl methyl sites for hydroxylation is 1. The van der Waals surface area contributed by atoms with E-state index < -0.39 is 5.97 Å². The van der Waals surface area contributed by atoms with E-state index in [1.54, 1.807) is 0 Å². The second-order valence-corrected chi connectivity index (χ2v) is 4.51. The van der Waals surface area contributed by atoms with Crippen LogP contribution in [0, 0.1) is 0 Å². The molecule has 0 aromatic heterocycles. The minimum atomic E-state index is -0.748. The Morgan fingerprint density at radius 1 is 1.40 bits per heavy atom. The average molecular weight is 206 g/mol. The minimum absolute atomic E-state index is 0.167. The first kappa shape index (κ1) is 11.8. The molecule has 2 heteroatoms. The lowest BCUT2D eigenvalue weighted by molar-refractivity contribution is -0.138. The molecular weight excluding hydrogens is 188 g/mol. The number of aliphatic carboxylic acids is 1. The summed E-state index contributed by atoms with van der Waals surface area (Å²) >= 11 is 0. The van der Waals surface area contributed by atoms with Crippen LogP contribution in [-0.4, -0.2) is 11.1 Å². The summed E-state index contributed by atoms with van der Waals surface area (Å²) < 4.78 is 0. The molecule has 1 N–H and O–H groups in total. The highest BCUT2D eigenvalue weighted by atomic mass is 16.4. The Balaban J connectivity index is 2.98. The van der Waals surface area contributed by atoms with Gasteiger partial charge in [0.25, 0.3) is 0 Å². The molecule has 0 aliphatic heterocycles. The van der Waals surface area contributed by atoms with Crippen LogP contribution in [0.25, 0.3) is 0 Å². The van der Waals surface area contributed by atoms with E-state index >= 15 is 0 Å². The van der Waals surface area contributed by atoms with Gasteiger partial charge in [-0.15, -0.1) is 0 Å². The van der Waals surface area contributed by atoms with E-state index in [0.717, 1.165) is 12.0 Å². The molecule has 0 aliphatic carbocycles. The average Bonchev–Trinajstić information content (AvgIpc) is 2.16. The van der Waals surface area contributed by atoms with Crippen molar-refractivity contribution in [1.82, 2.24) is 0 Å². The van der Waals surface area contributed by atoms with Gasteiger partial charge in [-0.05, 0) is 17.5 Å². The number of hydrogen-bond acceptors (Lipinski definition) is 1. The van der Waals surface area contributed by atoms with Gasteiger partial charge in [-0.3, -0.25) is 4.79 Å². The van der Waals surface area contributed by atoms with Crippen molar-refractivity contribution in [2.24, 2.45) is 0 Å². The molecule has 0 radical (unpaired) electrons. The van der Waals surface area contributed by atoms with Crippen molar-refractivity contribution in [2.75, 3.05) is 0 Å². The Bertz CT molecular complexity index is 353. The fourth-order valence-corrected chi connectivity index (χ4v) is 1.69. The third-order valence-corrected chi connectivity index (χ3v) is 2.71. The second kappa shape index (κ2) is 4.47. The van der Waals surface area contributed by atoms with E-state index in [0.29, 0.717) is 0 Å². The number of benzene rings is 1. The Labute approximate surface area is 90.9 Å². The Morgan fingerprint density at radius 3 is 2.60 bits per heavy atom. The van der Waals surface area contributed by atoms with Crippen LogP contribution in [-0.2, 0) is 16.6 Å². The Kier molecular flexibility index (Phi) is 3.51. The maximum absolute atomic E-state index is 10.7. The van der Waals surface area contributed by atoms with Crippen LogP contribution < -0.4 is 0 Å². The molecule has 0 unspecified atom stereocenters. The molecule has 0 aliphatic rings. The zero-order chi connectivity index (χ0) is 11.5. The molecule has 2 nitrogen and oxygen atoms in total. The number of rotatable bonds is 4. The van der Waals surface area contributed by atoms with Crippen molar-refractivity contribution in [3.8, 4) is 0 Å². The lowest BCUT2D eigenvalue weighted by atomic mass is 9.81. The van der Waals surface area contributed by atoms with Gasteiger partial charge in [-0.1, -0.05) is 45.0 Å². The van der Waals surface area contributed by atoms with Crippen LogP contribution in [0.1, 0.15) is 38.3 Å². The molecule has 0 atom stereocenters. The van der Waals surface area contributed by atoms with Gasteiger partial charge in [0, 0.05) is 5.41 Å². The number of carbonyl (C=O) groups is 1. The summed E-state index contributed by atoms with van der Waals surface area (Å²) in [6.45, 7) is 6.04. The molecular formula is C13H18O2. The standard InChI is InChI=1S/C13H18O2/c1-4-10-6-5-7-11(8-10)13(2,3)9-12(14)15/h5-8H,4,9H2,1-3H3,(H,14,15). The molecule has 0 saturated carbocycles. The highest BCUT2D eigenvalue weighted by molar-refractivity contribution is 5.68. The van der Waals surface area contributed by atoms with Crippen molar-refractivity contribution in [1.29, 1.82) is 0 Å². The first-order valence-corrected chi connectivity index (χ1v) is 5.27. The molecule has 0 saturated heterocycles. The fourth-order valence-electron chi connectivity index (χ4n) is 1.69. The Hall–Kier alpha value is -1.31. The lowest BCUT2D eigenvalue weighted by Gasteiger charge is -2.23. The third-order valence-electron chi connectivity index (χ3n) is 2.71. The van der Waals surface area contributed by atoms with E-state index in [2.05, 4.69) is 19.1 Å². The van der Waals surface area contributed by atoms with Crippen molar-refractivity contribution in [3.63, 3.8) is 0 Å². The van der Waals surface area contributed by atoms with Crippen molar-refractivity contribution in [2.45, 2.75) is 39.0 Å². The third kappa shape index (κ3) is 3.08. The van der Waals surface area contributed by atoms with Gasteiger partial charge in [0.1, 0.15) is 0 Å². The van der Waals surface area contributed by atoms with E-state index in [9.17, 15) is 4.79 Å². The molecule has 1 aromatic carbocycles. The first-order valence-electron chi connectivity index (χ1n) is 5.27. The molecule has 0 heterocycles. The van der Waals surface area contributed by atoms with Gasteiger partial charge in [0.15, 0.2) is 0 Å². The summed E-state index contributed by atoms with van der Waals surface area (Å²) in [6.07, 6.45) is 1.15. The quantitative estimate of drug-likeness (QED) is 0.822. The minimum Gasteiger partial charge on any atom is -0.481 e. The van der Waals surface area contributed by atoms with E-state index in [4.69, 9.17) is 5.11 Å². The maximum atomic E-state index is 10.7. The summed E-state index contributed by atoms with van der Waals surface area (Å²) in [7, 11) is 0. The van der Waals surface area contributed by atoms with Crippen LogP contribution >= 0.6 is 0 Å². The second-order valence-electron chi connectivity index (χ2n) is 4.51. The van der Waals surface area contributed by atoms with Gasteiger partial charge in [-0.25, -0.2) is 0 Å². The maximum Gasteiger partial charge on any atom is 0.304 e. The molecule has 0 fully saturated rings. The van der Waals surface area contributed by atoms with Gasteiger partial charge < -0.3 is 5.11 Å². The van der Waals surface area contributed by atoms with Crippen molar-refractivity contribution >= 4 is 5.97 Å². The van der Waals surface area contributed by atoms with Gasteiger partial charge in [0.2, 0.25) is 0 Å². The predicted octanol–water partition coefficient (Wildman–Crippen LogP) is 3.00. The van der Waals surface area contributed by atoms with E-state index in [1.165, 1.54) is 5.56 Å². The molecule has 0 spiro atoms. The summed E-state index contributed by atoms with van der Waals surface area (Å²) in [5.41, 5.74) is 2.06. The fraction of sp³-hybridized carbons (Fsp3) is 0.462. The molecule has 1 aromatic rings. The summed E-state index contributed by atoms with van der Waals surface area (Å²) in [5.74, 6) is -0.748.